The zero-order valence-electron chi connectivity index (χ0n) is 8.25. The Balaban J connectivity index is 1.98. The van der Waals surface area contributed by atoms with Gasteiger partial charge in [-0.2, -0.15) is 0 Å². The first kappa shape index (κ1) is 10.0. The van der Waals surface area contributed by atoms with Crippen molar-refractivity contribution >= 4 is 11.6 Å². The average Bonchev–Trinajstić information content (AvgIpc) is 3.01. The Morgan fingerprint density at radius 2 is 1.93 bits per heavy atom. The number of halogens is 1. The molecular formula is C12H16ClN. The highest BCUT2D eigenvalue weighted by molar-refractivity contribution is 6.30. The van der Waals surface area contributed by atoms with E-state index in [1.165, 1.54) is 18.4 Å². The molecule has 0 spiro atoms. The lowest BCUT2D eigenvalue weighted by Crippen LogP contribution is -2.18. The van der Waals surface area contributed by atoms with Gasteiger partial charge in [0, 0.05) is 5.02 Å². The van der Waals surface area contributed by atoms with Crippen molar-refractivity contribution in [2.75, 3.05) is 6.54 Å². The zero-order valence-corrected chi connectivity index (χ0v) is 9.00. The zero-order chi connectivity index (χ0) is 9.97. The number of nitrogens with two attached hydrogens (primary N) is 1. The van der Waals surface area contributed by atoms with Crippen molar-refractivity contribution in [3.63, 3.8) is 0 Å². The second-order valence-electron chi connectivity index (χ2n) is 4.16. The molecular weight excluding hydrogens is 194 g/mol. The molecule has 0 saturated heterocycles. The summed E-state index contributed by atoms with van der Waals surface area (Å²) in [6.07, 6.45) is 3.85. The van der Waals surface area contributed by atoms with E-state index in [1.807, 2.05) is 12.1 Å². The maximum absolute atomic E-state index is 5.83. The summed E-state index contributed by atoms with van der Waals surface area (Å²) in [6, 6.07) is 8.12. The monoisotopic (exact) mass is 209 g/mol. The molecule has 2 rings (SSSR count). The SMILES string of the molecule is NCC(Cc1ccc(Cl)cc1)C1CC1. The largest absolute Gasteiger partial charge is 0.330 e. The molecule has 0 radical (unpaired) electrons. The molecule has 0 aromatic heterocycles. The highest BCUT2D eigenvalue weighted by Gasteiger charge is 2.29. The lowest BCUT2D eigenvalue weighted by atomic mass is 9.95. The van der Waals surface area contributed by atoms with Crippen molar-refractivity contribution in [2.45, 2.75) is 19.3 Å². The van der Waals surface area contributed by atoms with Gasteiger partial charge in [0.05, 0.1) is 0 Å². The molecule has 0 heterocycles. The molecule has 1 aliphatic rings. The highest BCUT2D eigenvalue weighted by atomic mass is 35.5. The number of rotatable bonds is 4. The van der Waals surface area contributed by atoms with Gasteiger partial charge in [-0.05, 0) is 55.3 Å². The van der Waals surface area contributed by atoms with Crippen LogP contribution in [0.15, 0.2) is 24.3 Å². The maximum Gasteiger partial charge on any atom is 0.0406 e. The quantitative estimate of drug-likeness (QED) is 0.811. The fourth-order valence-electron chi connectivity index (χ4n) is 1.93. The summed E-state index contributed by atoms with van der Waals surface area (Å²) >= 11 is 5.83. The number of benzene rings is 1. The van der Waals surface area contributed by atoms with E-state index in [9.17, 15) is 0 Å². The summed E-state index contributed by atoms with van der Waals surface area (Å²) in [7, 11) is 0. The Bertz CT molecular complexity index is 290. The van der Waals surface area contributed by atoms with Crippen LogP contribution in [0.2, 0.25) is 5.02 Å². The fourth-order valence-corrected chi connectivity index (χ4v) is 2.06. The number of hydrogen-bond donors (Lipinski definition) is 1. The van der Waals surface area contributed by atoms with Crippen LogP contribution < -0.4 is 5.73 Å². The third-order valence-corrected chi connectivity index (χ3v) is 3.25. The average molecular weight is 210 g/mol. The Morgan fingerprint density at radius 3 is 2.43 bits per heavy atom. The van der Waals surface area contributed by atoms with Crippen LogP contribution in [-0.2, 0) is 6.42 Å². The van der Waals surface area contributed by atoms with Crippen molar-refractivity contribution < 1.29 is 0 Å². The molecule has 76 valence electrons. The van der Waals surface area contributed by atoms with Crippen molar-refractivity contribution in [1.29, 1.82) is 0 Å². The van der Waals surface area contributed by atoms with E-state index in [2.05, 4.69) is 12.1 Å². The molecule has 1 aromatic rings. The highest BCUT2D eigenvalue weighted by Crippen LogP contribution is 2.37. The van der Waals surface area contributed by atoms with E-state index in [4.69, 9.17) is 17.3 Å². The summed E-state index contributed by atoms with van der Waals surface area (Å²) in [6.45, 7) is 0.813. The second kappa shape index (κ2) is 4.33. The van der Waals surface area contributed by atoms with Crippen LogP contribution in [0, 0.1) is 11.8 Å². The molecule has 0 amide bonds. The van der Waals surface area contributed by atoms with E-state index in [0.29, 0.717) is 5.92 Å². The first-order valence-corrected chi connectivity index (χ1v) is 5.62. The Morgan fingerprint density at radius 1 is 1.29 bits per heavy atom. The lowest BCUT2D eigenvalue weighted by molar-refractivity contribution is 0.471. The third-order valence-electron chi connectivity index (χ3n) is 3.00. The molecule has 2 N–H and O–H groups in total. The van der Waals surface area contributed by atoms with Crippen LogP contribution >= 0.6 is 11.6 Å². The minimum Gasteiger partial charge on any atom is -0.330 e. The predicted molar refractivity (Wildman–Crippen MR) is 60.4 cm³/mol. The molecule has 1 atom stereocenters. The van der Waals surface area contributed by atoms with Crippen molar-refractivity contribution in [2.24, 2.45) is 17.6 Å². The van der Waals surface area contributed by atoms with Gasteiger partial charge >= 0.3 is 0 Å². The summed E-state index contributed by atoms with van der Waals surface area (Å²) in [5.41, 5.74) is 7.12. The summed E-state index contributed by atoms with van der Waals surface area (Å²) in [5, 5.41) is 0.810. The lowest BCUT2D eigenvalue weighted by Gasteiger charge is -2.13. The van der Waals surface area contributed by atoms with Gasteiger partial charge in [0.2, 0.25) is 0 Å². The van der Waals surface area contributed by atoms with Gasteiger partial charge in [-0.15, -0.1) is 0 Å². The normalized spacial score (nSPS) is 18.1. The Labute approximate surface area is 90.3 Å². The van der Waals surface area contributed by atoms with Crippen molar-refractivity contribution in [1.82, 2.24) is 0 Å². The molecule has 0 aliphatic heterocycles. The molecule has 1 saturated carbocycles. The minimum absolute atomic E-state index is 0.677. The van der Waals surface area contributed by atoms with Crippen molar-refractivity contribution in [3.8, 4) is 0 Å². The smallest absolute Gasteiger partial charge is 0.0406 e. The first-order valence-electron chi connectivity index (χ1n) is 5.24. The topological polar surface area (TPSA) is 26.0 Å². The van der Waals surface area contributed by atoms with Gasteiger partial charge in [-0.1, -0.05) is 23.7 Å². The second-order valence-corrected chi connectivity index (χ2v) is 4.60. The van der Waals surface area contributed by atoms with Crippen LogP contribution in [0.1, 0.15) is 18.4 Å². The predicted octanol–water partition coefficient (Wildman–Crippen LogP) is 2.87. The third kappa shape index (κ3) is 2.49. The fraction of sp³-hybridized carbons (Fsp3) is 0.500. The molecule has 1 unspecified atom stereocenters. The van der Waals surface area contributed by atoms with E-state index in [-0.39, 0.29) is 0 Å². The van der Waals surface area contributed by atoms with Crippen LogP contribution in [0.4, 0.5) is 0 Å². The Kier molecular flexibility index (Phi) is 3.09. The van der Waals surface area contributed by atoms with Gasteiger partial charge in [-0.25, -0.2) is 0 Å². The molecule has 1 aliphatic carbocycles. The molecule has 1 aromatic carbocycles. The van der Waals surface area contributed by atoms with Crippen LogP contribution in [0.25, 0.3) is 0 Å². The molecule has 1 fully saturated rings. The molecule has 0 bridgehead atoms. The standard InChI is InChI=1S/C12H16ClN/c13-12-5-1-9(2-6-12)7-11(8-14)10-3-4-10/h1-2,5-6,10-11H,3-4,7-8,14H2. The summed E-state index contributed by atoms with van der Waals surface area (Å²) in [5.74, 6) is 1.56. The van der Waals surface area contributed by atoms with Gasteiger partial charge in [0.1, 0.15) is 0 Å². The maximum atomic E-state index is 5.83. The van der Waals surface area contributed by atoms with Gasteiger partial charge < -0.3 is 5.73 Å². The first-order chi connectivity index (χ1) is 6.79. The molecule has 2 heteroatoms. The van der Waals surface area contributed by atoms with Crippen LogP contribution in [0.3, 0.4) is 0 Å². The van der Waals surface area contributed by atoms with Crippen LogP contribution in [0.5, 0.6) is 0 Å². The minimum atomic E-state index is 0.677. The van der Waals surface area contributed by atoms with Crippen molar-refractivity contribution in [3.05, 3.63) is 34.9 Å². The molecule has 14 heavy (non-hydrogen) atoms. The van der Waals surface area contributed by atoms with Gasteiger partial charge in [0.25, 0.3) is 0 Å². The van der Waals surface area contributed by atoms with E-state index < -0.39 is 0 Å². The van der Waals surface area contributed by atoms with Crippen LogP contribution in [-0.4, -0.2) is 6.54 Å². The number of hydrogen-bond acceptors (Lipinski definition) is 1. The Hall–Kier alpha value is -0.530. The summed E-state index contributed by atoms with van der Waals surface area (Å²) < 4.78 is 0. The van der Waals surface area contributed by atoms with Gasteiger partial charge in [-0.3, -0.25) is 0 Å². The summed E-state index contributed by atoms with van der Waals surface area (Å²) in [4.78, 5) is 0. The van der Waals surface area contributed by atoms with E-state index in [0.717, 1.165) is 23.9 Å². The van der Waals surface area contributed by atoms with E-state index in [1.54, 1.807) is 0 Å². The van der Waals surface area contributed by atoms with E-state index >= 15 is 0 Å². The molecule has 1 nitrogen and oxygen atoms in total. The van der Waals surface area contributed by atoms with Gasteiger partial charge in [0.15, 0.2) is 0 Å².